The third kappa shape index (κ3) is 6.17. The first-order valence-corrected chi connectivity index (χ1v) is 11.5. The molecular weight excluding hydrogens is 442 g/mol. The van der Waals surface area contributed by atoms with Crippen LogP contribution >= 0.6 is 0 Å². The van der Waals surface area contributed by atoms with Crippen LogP contribution in [0.3, 0.4) is 0 Å². The zero-order valence-corrected chi connectivity index (χ0v) is 18.7. The van der Waals surface area contributed by atoms with Crippen LogP contribution in [0.25, 0.3) is 0 Å². The van der Waals surface area contributed by atoms with Crippen molar-refractivity contribution in [2.45, 2.75) is 37.3 Å². The number of amides is 3. The summed E-state index contributed by atoms with van der Waals surface area (Å²) in [6.07, 6.45) is 2.00. The highest BCUT2D eigenvalue weighted by Crippen LogP contribution is 2.40. The van der Waals surface area contributed by atoms with E-state index in [2.05, 4.69) is 16.0 Å². The Morgan fingerprint density at radius 3 is 2.41 bits per heavy atom. The summed E-state index contributed by atoms with van der Waals surface area (Å²) in [7, 11) is 0. The summed E-state index contributed by atoms with van der Waals surface area (Å²) in [5.41, 5.74) is 1.36. The van der Waals surface area contributed by atoms with Gasteiger partial charge in [0.05, 0.1) is 6.54 Å². The van der Waals surface area contributed by atoms with Crippen LogP contribution in [-0.2, 0) is 9.59 Å². The lowest BCUT2D eigenvalue weighted by Gasteiger charge is -2.30. The van der Waals surface area contributed by atoms with Gasteiger partial charge in [-0.05, 0) is 67.8 Å². The number of benzene rings is 2. The highest BCUT2D eigenvalue weighted by molar-refractivity contribution is 5.98. The van der Waals surface area contributed by atoms with E-state index in [-0.39, 0.29) is 29.7 Å². The molecule has 3 atom stereocenters. The van der Waals surface area contributed by atoms with Crippen LogP contribution in [0, 0.1) is 11.6 Å². The van der Waals surface area contributed by atoms with Crippen molar-refractivity contribution in [3.63, 3.8) is 0 Å². The Labute approximate surface area is 196 Å². The lowest BCUT2D eigenvalue weighted by molar-refractivity contribution is -0.139. The number of carbonyl (C=O) groups is 3. The standard InChI is InChI=1S/C25H28F2N4O3/c26-18-7-3-16(4-8-18)20-14-22(20)28-11-1-2-21(25(34)31-13-12-29-23(32)15-31)30-24(33)17-5-9-19(27)10-6-17/h3-10,20-22,28H,1-2,11-15H2,(H,29,32)(H,30,33)/t20-,21?,22+/m0/s1. The Morgan fingerprint density at radius 2 is 1.74 bits per heavy atom. The molecule has 1 saturated carbocycles. The molecule has 3 N–H and O–H groups in total. The number of hydrogen-bond acceptors (Lipinski definition) is 4. The molecule has 34 heavy (non-hydrogen) atoms. The molecule has 1 heterocycles. The SMILES string of the molecule is O=C1CN(C(=O)C(CCCN[C@@H]2C[C@H]2c2ccc(F)cc2)NC(=O)c2ccc(F)cc2)CCN1. The van der Waals surface area contributed by atoms with Crippen molar-refractivity contribution in [1.82, 2.24) is 20.9 Å². The molecule has 4 rings (SSSR count). The molecule has 1 unspecified atom stereocenters. The molecule has 0 radical (unpaired) electrons. The maximum Gasteiger partial charge on any atom is 0.251 e. The van der Waals surface area contributed by atoms with Crippen LogP contribution in [0.4, 0.5) is 8.78 Å². The third-order valence-electron chi connectivity index (χ3n) is 6.22. The molecule has 3 amide bonds. The van der Waals surface area contributed by atoms with Gasteiger partial charge in [-0.3, -0.25) is 14.4 Å². The highest BCUT2D eigenvalue weighted by Gasteiger charge is 2.37. The lowest BCUT2D eigenvalue weighted by atomic mass is 10.1. The van der Waals surface area contributed by atoms with Crippen LogP contribution in [0.1, 0.15) is 41.1 Å². The van der Waals surface area contributed by atoms with Gasteiger partial charge < -0.3 is 20.9 Å². The van der Waals surface area contributed by atoms with Gasteiger partial charge in [0.1, 0.15) is 17.7 Å². The average molecular weight is 471 g/mol. The first-order chi connectivity index (χ1) is 16.4. The van der Waals surface area contributed by atoms with Gasteiger partial charge in [0.15, 0.2) is 0 Å². The molecule has 0 spiro atoms. The van der Waals surface area contributed by atoms with Crippen molar-refractivity contribution >= 4 is 17.7 Å². The molecule has 1 aliphatic carbocycles. The largest absolute Gasteiger partial charge is 0.353 e. The Hall–Kier alpha value is -3.33. The first kappa shape index (κ1) is 23.8. The summed E-state index contributed by atoms with van der Waals surface area (Å²) < 4.78 is 26.3. The summed E-state index contributed by atoms with van der Waals surface area (Å²) in [4.78, 5) is 38.9. The van der Waals surface area contributed by atoms with Crippen LogP contribution in [0.15, 0.2) is 48.5 Å². The van der Waals surface area contributed by atoms with E-state index in [1.807, 2.05) is 0 Å². The molecule has 2 fully saturated rings. The van der Waals surface area contributed by atoms with E-state index >= 15 is 0 Å². The maximum absolute atomic E-state index is 13.2. The number of halogens is 2. The molecule has 0 aromatic heterocycles. The zero-order chi connectivity index (χ0) is 24.1. The fourth-order valence-corrected chi connectivity index (χ4v) is 4.24. The van der Waals surface area contributed by atoms with Gasteiger partial charge in [-0.1, -0.05) is 12.1 Å². The van der Waals surface area contributed by atoms with E-state index in [4.69, 9.17) is 0 Å². The summed E-state index contributed by atoms with van der Waals surface area (Å²) in [5.74, 6) is -1.35. The Balaban J connectivity index is 1.31. The van der Waals surface area contributed by atoms with Gasteiger partial charge in [0, 0.05) is 30.6 Å². The zero-order valence-electron chi connectivity index (χ0n) is 18.7. The molecule has 0 bridgehead atoms. The number of hydrogen-bond donors (Lipinski definition) is 3. The third-order valence-corrected chi connectivity index (χ3v) is 6.22. The molecule has 2 aromatic rings. The fraction of sp³-hybridized carbons (Fsp3) is 0.400. The van der Waals surface area contributed by atoms with E-state index in [0.29, 0.717) is 44.4 Å². The maximum atomic E-state index is 13.2. The Morgan fingerprint density at radius 1 is 1.06 bits per heavy atom. The van der Waals surface area contributed by atoms with Crippen LogP contribution < -0.4 is 16.0 Å². The number of rotatable bonds is 9. The van der Waals surface area contributed by atoms with Crippen molar-refractivity contribution in [3.8, 4) is 0 Å². The highest BCUT2D eigenvalue weighted by atomic mass is 19.1. The van der Waals surface area contributed by atoms with Crippen LogP contribution in [0.5, 0.6) is 0 Å². The molecule has 1 saturated heterocycles. The number of carbonyl (C=O) groups excluding carboxylic acids is 3. The van der Waals surface area contributed by atoms with Crippen molar-refractivity contribution < 1.29 is 23.2 Å². The smallest absolute Gasteiger partial charge is 0.251 e. The molecular formula is C25H28F2N4O3. The minimum atomic E-state index is -0.794. The molecule has 2 aliphatic rings. The van der Waals surface area contributed by atoms with E-state index in [1.165, 1.54) is 41.3 Å². The van der Waals surface area contributed by atoms with Gasteiger partial charge in [-0.2, -0.15) is 0 Å². The second-order valence-corrected chi connectivity index (χ2v) is 8.74. The average Bonchev–Trinajstić information content (AvgIpc) is 3.61. The molecule has 9 heteroatoms. The molecule has 2 aromatic carbocycles. The van der Waals surface area contributed by atoms with Gasteiger partial charge >= 0.3 is 0 Å². The minimum Gasteiger partial charge on any atom is -0.353 e. The van der Waals surface area contributed by atoms with E-state index in [0.717, 1.165) is 12.0 Å². The summed E-state index contributed by atoms with van der Waals surface area (Å²) in [6.45, 7) is 1.37. The van der Waals surface area contributed by atoms with Crippen molar-refractivity contribution in [3.05, 3.63) is 71.3 Å². The summed E-state index contributed by atoms with van der Waals surface area (Å²) in [5, 5.41) is 8.90. The normalized spacial score (nSPS) is 20.4. The lowest BCUT2D eigenvalue weighted by Crippen LogP contribution is -2.56. The molecule has 1 aliphatic heterocycles. The quantitative estimate of drug-likeness (QED) is 0.489. The van der Waals surface area contributed by atoms with E-state index < -0.39 is 17.8 Å². The summed E-state index contributed by atoms with van der Waals surface area (Å²) >= 11 is 0. The van der Waals surface area contributed by atoms with Gasteiger partial charge in [-0.15, -0.1) is 0 Å². The van der Waals surface area contributed by atoms with Gasteiger partial charge in [0.2, 0.25) is 11.8 Å². The first-order valence-electron chi connectivity index (χ1n) is 11.5. The molecule has 7 nitrogen and oxygen atoms in total. The van der Waals surface area contributed by atoms with Gasteiger partial charge in [0.25, 0.3) is 5.91 Å². The van der Waals surface area contributed by atoms with E-state index in [9.17, 15) is 23.2 Å². The van der Waals surface area contributed by atoms with E-state index in [1.54, 1.807) is 12.1 Å². The topological polar surface area (TPSA) is 90.5 Å². The van der Waals surface area contributed by atoms with Crippen molar-refractivity contribution in [2.24, 2.45) is 0 Å². The molecule has 180 valence electrons. The van der Waals surface area contributed by atoms with Crippen LogP contribution in [-0.4, -0.2) is 60.9 Å². The minimum absolute atomic E-state index is 0.0403. The van der Waals surface area contributed by atoms with Crippen LogP contribution in [0.2, 0.25) is 0 Å². The van der Waals surface area contributed by atoms with Crippen molar-refractivity contribution in [1.29, 1.82) is 0 Å². The van der Waals surface area contributed by atoms with Crippen molar-refractivity contribution in [2.75, 3.05) is 26.2 Å². The predicted octanol–water partition coefficient (Wildman–Crippen LogP) is 1.95. The monoisotopic (exact) mass is 470 g/mol. The second-order valence-electron chi connectivity index (χ2n) is 8.74. The second kappa shape index (κ2) is 10.7. The fourth-order valence-electron chi connectivity index (χ4n) is 4.24. The predicted molar refractivity (Wildman–Crippen MR) is 122 cm³/mol. The summed E-state index contributed by atoms with van der Waals surface area (Å²) in [6, 6.07) is 11.2. The number of nitrogens with zero attached hydrogens (tertiary/aromatic N) is 1. The number of piperazine rings is 1. The number of nitrogens with one attached hydrogen (secondary N) is 3. The Bertz CT molecular complexity index is 1030. The Kier molecular flexibility index (Phi) is 7.52. The van der Waals surface area contributed by atoms with Gasteiger partial charge in [-0.25, -0.2) is 8.78 Å².